The SMILES string of the molecule is CC(COc1ccc(F)cc1)Nc1ccc(Br)c(C#N)n1. The molecule has 0 aliphatic rings. The Kier molecular flexibility index (Phi) is 5.12. The Hall–Kier alpha value is -2.13. The molecule has 0 aliphatic heterocycles. The fourth-order valence-electron chi connectivity index (χ4n) is 1.65. The Morgan fingerprint density at radius 3 is 2.71 bits per heavy atom. The first-order chi connectivity index (χ1) is 10.1. The maximum atomic E-state index is 12.8. The molecule has 1 atom stereocenters. The van der Waals surface area contributed by atoms with Gasteiger partial charge in [-0.15, -0.1) is 0 Å². The van der Waals surface area contributed by atoms with Crippen LogP contribution in [0.4, 0.5) is 10.2 Å². The molecule has 2 aromatic rings. The van der Waals surface area contributed by atoms with Crippen LogP contribution >= 0.6 is 15.9 Å². The first-order valence-electron chi connectivity index (χ1n) is 6.30. The molecule has 1 heterocycles. The zero-order valence-electron chi connectivity index (χ0n) is 11.3. The van der Waals surface area contributed by atoms with Crippen molar-refractivity contribution in [2.45, 2.75) is 13.0 Å². The Morgan fingerprint density at radius 2 is 2.05 bits per heavy atom. The normalized spacial score (nSPS) is 11.5. The minimum absolute atomic E-state index is 0.0183. The van der Waals surface area contributed by atoms with Crippen molar-refractivity contribution < 1.29 is 9.13 Å². The maximum Gasteiger partial charge on any atom is 0.157 e. The van der Waals surface area contributed by atoms with Gasteiger partial charge < -0.3 is 10.1 Å². The van der Waals surface area contributed by atoms with Crippen LogP contribution < -0.4 is 10.1 Å². The van der Waals surface area contributed by atoms with Crippen LogP contribution in [0.5, 0.6) is 5.75 Å². The average molecular weight is 350 g/mol. The standard InChI is InChI=1S/C15H13BrFN3O/c1-10(9-21-12-4-2-11(17)3-5-12)19-15-7-6-13(16)14(8-18)20-15/h2-7,10H,9H2,1H3,(H,19,20). The number of nitrogens with one attached hydrogen (secondary N) is 1. The fraction of sp³-hybridized carbons (Fsp3) is 0.200. The van der Waals surface area contributed by atoms with Gasteiger partial charge in [-0.3, -0.25) is 0 Å². The smallest absolute Gasteiger partial charge is 0.157 e. The molecule has 1 aromatic heterocycles. The number of nitrogens with zero attached hydrogens (tertiary/aromatic N) is 2. The number of rotatable bonds is 5. The lowest BCUT2D eigenvalue weighted by molar-refractivity contribution is 0.303. The van der Waals surface area contributed by atoms with Crippen LogP contribution in [-0.2, 0) is 0 Å². The third-order valence-corrected chi connectivity index (χ3v) is 3.30. The Morgan fingerprint density at radius 1 is 1.33 bits per heavy atom. The van der Waals surface area contributed by atoms with Gasteiger partial charge in [-0.1, -0.05) is 0 Å². The van der Waals surface area contributed by atoms with E-state index in [9.17, 15) is 4.39 Å². The Labute approximate surface area is 130 Å². The van der Waals surface area contributed by atoms with Gasteiger partial charge in [0.05, 0.1) is 10.5 Å². The quantitative estimate of drug-likeness (QED) is 0.893. The zero-order valence-corrected chi connectivity index (χ0v) is 12.9. The Balaban J connectivity index is 1.91. The number of aromatic nitrogens is 1. The molecule has 1 N–H and O–H groups in total. The van der Waals surface area contributed by atoms with Gasteiger partial charge in [-0.2, -0.15) is 5.26 Å². The molecule has 0 radical (unpaired) electrons. The van der Waals surface area contributed by atoms with Gasteiger partial charge in [0.2, 0.25) is 0 Å². The number of benzene rings is 1. The van der Waals surface area contributed by atoms with E-state index < -0.39 is 0 Å². The summed E-state index contributed by atoms with van der Waals surface area (Å²) in [6.45, 7) is 2.32. The zero-order chi connectivity index (χ0) is 15.2. The third-order valence-electron chi connectivity index (χ3n) is 2.66. The van der Waals surface area contributed by atoms with Crippen LogP contribution in [0, 0.1) is 17.1 Å². The summed E-state index contributed by atoms with van der Waals surface area (Å²) in [5, 5.41) is 12.1. The van der Waals surface area contributed by atoms with Crippen molar-refractivity contribution in [3.05, 3.63) is 52.4 Å². The topological polar surface area (TPSA) is 57.9 Å². The number of ether oxygens (including phenoxy) is 1. The van der Waals surface area contributed by atoms with Crippen molar-refractivity contribution in [2.24, 2.45) is 0 Å². The number of hydrogen-bond acceptors (Lipinski definition) is 4. The number of hydrogen-bond donors (Lipinski definition) is 1. The van der Waals surface area contributed by atoms with E-state index in [1.165, 1.54) is 12.1 Å². The first-order valence-corrected chi connectivity index (χ1v) is 7.09. The predicted octanol–water partition coefficient (Wildman–Crippen LogP) is 3.73. The minimum atomic E-state index is -0.295. The van der Waals surface area contributed by atoms with E-state index in [4.69, 9.17) is 10.00 Å². The maximum absolute atomic E-state index is 12.8. The van der Waals surface area contributed by atoms with Gasteiger partial charge in [0.25, 0.3) is 0 Å². The molecule has 0 spiro atoms. The molecule has 1 aromatic carbocycles. The molecule has 0 fully saturated rings. The molecular weight excluding hydrogens is 337 g/mol. The molecule has 108 valence electrons. The van der Waals surface area contributed by atoms with E-state index >= 15 is 0 Å². The van der Waals surface area contributed by atoms with Gasteiger partial charge in [0, 0.05) is 0 Å². The third kappa shape index (κ3) is 4.43. The molecule has 0 amide bonds. The summed E-state index contributed by atoms with van der Waals surface area (Å²) in [4.78, 5) is 4.17. The minimum Gasteiger partial charge on any atom is -0.491 e. The summed E-state index contributed by atoms with van der Waals surface area (Å²) in [5.74, 6) is 0.910. The summed E-state index contributed by atoms with van der Waals surface area (Å²) in [6.07, 6.45) is 0. The highest BCUT2D eigenvalue weighted by atomic mass is 79.9. The van der Waals surface area contributed by atoms with E-state index in [-0.39, 0.29) is 11.9 Å². The van der Waals surface area contributed by atoms with Crippen LogP contribution in [0.25, 0.3) is 0 Å². The summed E-state index contributed by atoms with van der Waals surface area (Å²) in [5.41, 5.74) is 0.326. The van der Waals surface area contributed by atoms with Gasteiger partial charge in [-0.05, 0) is 59.3 Å². The van der Waals surface area contributed by atoms with Crippen molar-refractivity contribution in [3.8, 4) is 11.8 Å². The summed E-state index contributed by atoms with van der Waals surface area (Å²) >= 11 is 3.26. The van der Waals surface area contributed by atoms with Crippen molar-refractivity contribution in [2.75, 3.05) is 11.9 Å². The van der Waals surface area contributed by atoms with E-state index in [2.05, 4.69) is 26.2 Å². The van der Waals surface area contributed by atoms with Crippen molar-refractivity contribution in [3.63, 3.8) is 0 Å². The lowest BCUT2D eigenvalue weighted by atomic mass is 10.3. The lowest BCUT2D eigenvalue weighted by Gasteiger charge is -2.15. The second kappa shape index (κ2) is 7.04. The molecule has 21 heavy (non-hydrogen) atoms. The number of nitriles is 1. The van der Waals surface area contributed by atoms with Crippen LogP contribution in [0.15, 0.2) is 40.9 Å². The average Bonchev–Trinajstić information content (AvgIpc) is 2.48. The molecule has 0 aliphatic carbocycles. The summed E-state index contributed by atoms with van der Waals surface area (Å²) < 4.78 is 19.0. The van der Waals surface area contributed by atoms with E-state index in [0.717, 1.165) is 0 Å². The van der Waals surface area contributed by atoms with Crippen molar-refractivity contribution in [1.82, 2.24) is 4.98 Å². The fourth-order valence-corrected chi connectivity index (χ4v) is 1.96. The number of anilines is 1. The summed E-state index contributed by atoms with van der Waals surface area (Å²) in [7, 11) is 0. The molecule has 1 unspecified atom stereocenters. The lowest BCUT2D eigenvalue weighted by Crippen LogP contribution is -2.24. The first kappa shape index (κ1) is 15.3. The molecular formula is C15H13BrFN3O. The Bertz CT molecular complexity index is 655. The van der Waals surface area contributed by atoms with Gasteiger partial charge in [0.1, 0.15) is 30.1 Å². The summed E-state index contributed by atoms with van der Waals surface area (Å²) in [6, 6.07) is 11.4. The highest BCUT2D eigenvalue weighted by molar-refractivity contribution is 9.10. The molecule has 0 saturated heterocycles. The van der Waals surface area contributed by atoms with Gasteiger partial charge in [0.15, 0.2) is 5.69 Å². The van der Waals surface area contributed by atoms with Crippen LogP contribution in [0.1, 0.15) is 12.6 Å². The number of halogens is 2. The van der Waals surface area contributed by atoms with Crippen molar-refractivity contribution in [1.29, 1.82) is 5.26 Å². The molecule has 2 rings (SSSR count). The van der Waals surface area contributed by atoms with E-state index in [1.54, 1.807) is 24.3 Å². The number of pyridine rings is 1. The molecule has 0 bridgehead atoms. The van der Waals surface area contributed by atoms with Crippen LogP contribution in [-0.4, -0.2) is 17.6 Å². The van der Waals surface area contributed by atoms with Gasteiger partial charge in [-0.25, -0.2) is 9.37 Å². The van der Waals surface area contributed by atoms with Gasteiger partial charge >= 0.3 is 0 Å². The predicted molar refractivity (Wildman–Crippen MR) is 81.6 cm³/mol. The van der Waals surface area contributed by atoms with Crippen molar-refractivity contribution >= 4 is 21.7 Å². The molecule has 0 saturated carbocycles. The largest absolute Gasteiger partial charge is 0.491 e. The molecule has 6 heteroatoms. The highest BCUT2D eigenvalue weighted by Gasteiger charge is 2.07. The molecule has 4 nitrogen and oxygen atoms in total. The second-order valence-corrected chi connectivity index (χ2v) is 5.30. The van der Waals surface area contributed by atoms with Crippen LogP contribution in [0.3, 0.4) is 0 Å². The monoisotopic (exact) mass is 349 g/mol. The van der Waals surface area contributed by atoms with E-state index in [1.807, 2.05) is 13.0 Å². The second-order valence-electron chi connectivity index (χ2n) is 4.45. The highest BCUT2D eigenvalue weighted by Crippen LogP contribution is 2.17. The van der Waals surface area contributed by atoms with Crippen LogP contribution in [0.2, 0.25) is 0 Å². The van der Waals surface area contributed by atoms with E-state index in [0.29, 0.717) is 28.3 Å².